The molecule has 1 atom stereocenters. The first-order valence-electron chi connectivity index (χ1n) is 5.94. The molecule has 0 bridgehead atoms. The van der Waals surface area contributed by atoms with Gasteiger partial charge in [0, 0.05) is 18.1 Å². The smallest absolute Gasteiger partial charge is 0.350 e. The number of nitrogens with one attached hydrogen (secondary N) is 1. The lowest BCUT2D eigenvalue weighted by Crippen LogP contribution is -2.11. The van der Waals surface area contributed by atoms with E-state index >= 15 is 0 Å². The van der Waals surface area contributed by atoms with Crippen molar-refractivity contribution in [3.8, 4) is 0 Å². The van der Waals surface area contributed by atoms with Gasteiger partial charge < -0.3 is 15.1 Å². The quantitative estimate of drug-likeness (QED) is 0.751. The summed E-state index contributed by atoms with van der Waals surface area (Å²) >= 11 is 0. The van der Waals surface area contributed by atoms with Crippen molar-refractivity contribution in [1.82, 2.24) is 5.32 Å². The molecule has 0 amide bonds. The SMILES string of the molecule is C[C@@H](N/C=C/P(=O)(O)O)c1cccc2ccccc12. The Labute approximate surface area is 111 Å². The summed E-state index contributed by atoms with van der Waals surface area (Å²) in [5, 5.41) is 5.25. The van der Waals surface area contributed by atoms with Crippen molar-refractivity contribution < 1.29 is 14.4 Å². The van der Waals surface area contributed by atoms with E-state index in [9.17, 15) is 4.57 Å². The third-order valence-corrected chi connectivity index (χ3v) is 3.44. The number of hydrogen-bond acceptors (Lipinski definition) is 2. The summed E-state index contributed by atoms with van der Waals surface area (Å²) in [5.74, 6) is 0.870. The van der Waals surface area contributed by atoms with Crippen LogP contribution in [0.25, 0.3) is 10.8 Å². The average molecular weight is 277 g/mol. The van der Waals surface area contributed by atoms with Crippen molar-refractivity contribution >= 4 is 18.4 Å². The summed E-state index contributed by atoms with van der Waals surface area (Å²) in [6, 6.07) is 14.0. The first kappa shape index (κ1) is 13.8. The van der Waals surface area contributed by atoms with Gasteiger partial charge in [0.05, 0.1) is 0 Å². The highest BCUT2D eigenvalue weighted by atomic mass is 31.2. The van der Waals surface area contributed by atoms with E-state index in [2.05, 4.69) is 5.32 Å². The summed E-state index contributed by atoms with van der Waals surface area (Å²) in [6.45, 7) is 1.95. The van der Waals surface area contributed by atoms with Crippen molar-refractivity contribution in [2.75, 3.05) is 0 Å². The Hall–Kier alpha value is -1.61. The van der Waals surface area contributed by atoms with Crippen LogP contribution in [0, 0.1) is 0 Å². The first-order valence-corrected chi connectivity index (χ1v) is 7.62. The lowest BCUT2D eigenvalue weighted by Gasteiger charge is -2.15. The molecule has 19 heavy (non-hydrogen) atoms. The predicted octanol–water partition coefficient (Wildman–Crippen LogP) is 3.14. The predicted molar refractivity (Wildman–Crippen MR) is 76.7 cm³/mol. The highest BCUT2D eigenvalue weighted by Crippen LogP contribution is 2.35. The van der Waals surface area contributed by atoms with Crippen LogP contribution in [0.15, 0.2) is 54.5 Å². The maximum absolute atomic E-state index is 10.7. The molecule has 0 spiro atoms. The van der Waals surface area contributed by atoms with Crippen LogP contribution in [0.1, 0.15) is 18.5 Å². The van der Waals surface area contributed by atoms with Gasteiger partial charge in [0.15, 0.2) is 0 Å². The minimum absolute atomic E-state index is 0.0334. The van der Waals surface area contributed by atoms with E-state index in [4.69, 9.17) is 9.79 Å². The Bertz CT molecular complexity index is 643. The van der Waals surface area contributed by atoms with Crippen LogP contribution >= 0.6 is 7.60 Å². The molecule has 3 N–H and O–H groups in total. The molecule has 4 nitrogen and oxygen atoms in total. The topological polar surface area (TPSA) is 69.6 Å². The van der Waals surface area contributed by atoms with E-state index in [0.717, 1.165) is 22.2 Å². The Morgan fingerprint density at radius 3 is 2.58 bits per heavy atom. The molecule has 0 aromatic heterocycles. The van der Waals surface area contributed by atoms with Crippen LogP contribution in [-0.2, 0) is 4.57 Å². The molecule has 0 aliphatic carbocycles. The standard InChI is InChI=1S/C14H16NO3P/c1-11(15-9-10-19(16,17)18)13-8-4-6-12-5-2-3-7-14(12)13/h2-11,15H,1H3,(H2,16,17,18)/b10-9+/t11-/m1/s1. The van der Waals surface area contributed by atoms with Crippen molar-refractivity contribution in [3.63, 3.8) is 0 Å². The fraction of sp³-hybridized carbons (Fsp3) is 0.143. The summed E-state index contributed by atoms with van der Waals surface area (Å²) in [6.07, 6.45) is 1.31. The first-order chi connectivity index (χ1) is 8.97. The molecule has 0 aliphatic heterocycles. The second kappa shape index (κ2) is 5.57. The highest BCUT2D eigenvalue weighted by Gasteiger charge is 2.09. The van der Waals surface area contributed by atoms with Gasteiger partial charge in [-0.3, -0.25) is 4.57 Å². The van der Waals surface area contributed by atoms with Crippen LogP contribution in [0.3, 0.4) is 0 Å². The molecule has 2 aromatic carbocycles. The summed E-state index contributed by atoms with van der Waals surface area (Å²) < 4.78 is 10.7. The van der Waals surface area contributed by atoms with Crippen LogP contribution in [0.4, 0.5) is 0 Å². The normalized spacial score (nSPS) is 13.8. The van der Waals surface area contributed by atoms with Crippen LogP contribution < -0.4 is 5.32 Å². The Morgan fingerprint density at radius 2 is 1.84 bits per heavy atom. The van der Waals surface area contributed by atoms with E-state index < -0.39 is 7.60 Å². The molecule has 0 fully saturated rings. The molecule has 0 heterocycles. The molecule has 0 aliphatic rings. The molecule has 2 rings (SSSR count). The van der Waals surface area contributed by atoms with Crippen molar-refractivity contribution in [2.24, 2.45) is 0 Å². The fourth-order valence-corrected chi connectivity index (χ4v) is 2.28. The molecule has 0 saturated heterocycles. The lowest BCUT2D eigenvalue weighted by atomic mass is 10.00. The molecule has 0 unspecified atom stereocenters. The molecule has 0 radical (unpaired) electrons. The Morgan fingerprint density at radius 1 is 1.16 bits per heavy atom. The average Bonchev–Trinajstić information content (AvgIpc) is 2.36. The molecule has 5 heteroatoms. The van der Waals surface area contributed by atoms with Crippen molar-refractivity contribution in [1.29, 1.82) is 0 Å². The van der Waals surface area contributed by atoms with Gasteiger partial charge in [-0.2, -0.15) is 0 Å². The van der Waals surface area contributed by atoms with E-state index in [-0.39, 0.29) is 6.04 Å². The van der Waals surface area contributed by atoms with E-state index in [0.29, 0.717) is 0 Å². The number of rotatable bonds is 4. The zero-order valence-corrected chi connectivity index (χ0v) is 11.4. The van der Waals surface area contributed by atoms with Gasteiger partial charge in [-0.1, -0.05) is 42.5 Å². The molecular weight excluding hydrogens is 261 g/mol. The minimum atomic E-state index is -4.10. The van der Waals surface area contributed by atoms with Gasteiger partial charge in [-0.25, -0.2) is 0 Å². The van der Waals surface area contributed by atoms with Gasteiger partial charge in [-0.15, -0.1) is 0 Å². The van der Waals surface area contributed by atoms with E-state index in [1.165, 1.54) is 6.20 Å². The molecule has 100 valence electrons. The third kappa shape index (κ3) is 3.67. The zero-order valence-electron chi connectivity index (χ0n) is 10.5. The minimum Gasteiger partial charge on any atom is -0.384 e. The highest BCUT2D eigenvalue weighted by molar-refractivity contribution is 7.55. The van der Waals surface area contributed by atoms with Gasteiger partial charge in [-0.05, 0) is 23.3 Å². The van der Waals surface area contributed by atoms with Crippen LogP contribution in [-0.4, -0.2) is 9.79 Å². The third-order valence-electron chi connectivity index (χ3n) is 2.90. The van der Waals surface area contributed by atoms with Crippen molar-refractivity contribution in [2.45, 2.75) is 13.0 Å². The van der Waals surface area contributed by atoms with Crippen LogP contribution in [0.2, 0.25) is 0 Å². The monoisotopic (exact) mass is 277 g/mol. The number of benzene rings is 2. The summed E-state index contributed by atoms with van der Waals surface area (Å²) in [7, 11) is -4.10. The second-order valence-corrected chi connectivity index (χ2v) is 5.84. The second-order valence-electron chi connectivity index (χ2n) is 4.36. The zero-order chi connectivity index (χ0) is 13.9. The van der Waals surface area contributed by atoms with Crippen molar-refractivity contribution in [3.05, 3.63) is 60.0 Å². The van der Waals surface area contributed by atoms with Gasteiger partial charge in [0.1, 0.15) is 0 Å². The molecular formula is C14H16NO3P. The maximum Gasteiger partial charge on any atom is 0.350 e. The van der Waals surface area contributed by atoms with Crippen LogP contribution in [0.5, 0.6) is 0 Å². The van der Waals surface area contributed by atoms with E-state index in [1.807, 2.05) is 49.4 Å². The summed E-state index contributed by atoms with van der Waals surface area (Å²) in [4.78, 5) is 17.5. The fourth-order valence-electron chi connectivity index (χ4n) is 2.00. The Balaban J connectivity index is 2.24. The number of fused-ring (bicyclic) bond motifs is 1. The van der Waals surface area contributed by atoms with Gasteiger partial charge in [0.2, 0.25) is 0 Å². The maximum atomic E-state index is 10.7. The number of hydrogen-bond donors (Lipinski definition) is 3. The lowest BCUT2D eigenvalue weighted by molar-refractivity contribution is 0.386. The van der Waals surface area contributed by atoms with E-state index in [1.54, 1.807) is 0 Å². The molecule has 0 saturated carbocycles. The Kier molecular flexibility index (Phi) is 4.05. The van der Waals surface area contributed by atoms with Gasteiger partial charge in [0.25, 0.3) is 0 Å². The largest absolute Gasteiger partial charge is 0.384 e. The molecule has 2 aromatic rings. The summed E-state index contributed by atoms with van der Waals surface area (Å²) in [5.41, 5.74) is 1.09. The van der Waals surface area contributed by atoms with Gasteiger partial charge >= 0.3 is 7.60 Å².